The van der Waals surface area contributed by atoms with Gasteiger partial charge in [0, 0.05) is 5.75 Å². The summed E-state index contributed by atoms with van der Waals surface area (Å²) in [6.45, 7) is 5.14. The van der Waals surface area contributed by atoms with E-state index in [0.29, 0.717) is 5.75 Å². The summed E-state index contributed by atoms with van der Waals surface area (Å²) in [5.74, 6) is -0.534. The van der Waals surface area contributed by atoms with E-state index in [-0.39, 0.29) is 12.5 Å². The van der Waals surface area contributed by atoms with Gasteiger partial charge < -0.3 is 15.8 Å². The molecule has 0 saturated heterocycles. The van der Waals surface area contributed by atoms with Gasteiger partial charge >= 0.3 is 5.97 Å². The largest absolute Gasteiger partial charge is 0.459 e. The molecule has 5 nitrogen and oxygen atoms in total. The van der Waals surface area contributed by atoms with E-state index in [1.54, 1.807) is 32.5 Å². The molecule has 178 valence electrons. The first kappa shape index (κ1) is 25.5. The van der Waals surface area contributed by atoms with Crippen LogP contribution in [-0.2, 0) is 19.1 Å². The molecule has 0 aliphatic heterocycles. The summed E-state index contributed by atoms with van der Waals surface area (Å²) in [5, 5.41) is 2.61. The zero-order valence-corrected chi connectivity index (χ0v) is 20.7. The number of nitrogens with two attached hydrogens (primary N) is 1. The standard InChI is InChI=1S/C28H32N2O3S/c1-27(2,3)33-25(31)19-30-26(32)24(29)20-34-28(21-13-7-4-8-14-21,22-15-9-5-10-16-22)23-17-11-6-12-18-23/h4-18,24H,19-20,29H2,1-3H3,(H,30,32)/t24-/m1/s1. The topological polar surface area (TPSA) is 81.4 Å². The molecule has 3 N–H and O–H groups in total. The molecule has 0 spiro atoms. The summed E-state index contributed by atoms with van der Waals surface area (Å²) in [4.78, 5) is 24.7. The summed E-state index contributed by atoms with van der Waals surface area (Å²) >= 11 is 1.61. The molecule has 3 aromatic rings. The van der Waals surface area contributed by atoms with Gasteiger partial charge in [-0.2, -0.15) is 0 Å². The van der Waals surface area contributed by atoms with Crippen LogP contribution < -0.4 is 11.1 Å². The molecule has 0 bridgehead atoms. The number of nitrogens with one attached hydrogen (secondary N) is 1. The highest BCUT2D eigenvalue weighted by Gasteiger charge is 2.37. The molecule has 0 heterocycles. The highest BCUT2D eigenvalue weighted by atomic mass is 32.2. The van der Waals surface area contributed by atoms with Crippen molar-refractivity contribution < 1.29 is 14.3 Å². The maximum absolute atomic E-state index is 12.7. The minimum atomic E-state index is -0.803. The molecule has 0 radical (unpaired) electrons. The van der Waals surface area contributed by atoms with E-state index in [2.05, 4.69) is 41.7 Å². The monoisotopic (exact) mass is 476 g/mol. The Bertz CT molecular complexity index is 970. The minimum absolute atomic E-state index is 0.213. The first-order chi connectivity index (χ1) is 16.2. The Morgan fingerprint density at radius 3 is 1.62 bits per heavy atom. The van der Waals surface area contributed by atoms with Crippen molar-refractivity contribution in [3.05, 3.63) is 108 Å². The second-order valence-electron chi connectivity index (χ2n) is 9.00. The molecule has 1 atom stereocenters. The Balaban J connectivity index is 1.86. The van der Waals surface area contributed by atoms with Crippen molar-refractivity contribution in [3.63, 3.8) is 0 Å². The van der Waals surface area contributed by atoms with Crippen LogP contribution in [0.1, 0.15) is 37.5 Å². The van der Waals surface area contributed by atoms with Gasteiger partial charge in [0.15, 0.2) is 0 Å². The van der Waals surface area contributed by atoms with Gasteiger partial charge in [-0.3, -0.25) is 9.59 Å². The highest BCUT2D eigenvalue weighted by molar-refractivity contribution is 8.00. The van der Waals surface area contributed by atoms with Gasteiger partial charge in [-0.25, -0.2) is 0 Å². The predicted octanol–water partition coefficient (Wildman–Crippen LogP) is 4.50. The minimum Gasteiger partial charge on any atom is -0.459 e. The molecule has 0 fully saturated rings. The van der Waals surface area contributed by atoms with Crippen LogP contribution in [0, 0.1) is 0 Å². The summed E-state index contributed by atoms with van der Waals surface area (Å²) in [5.41, 5.74) is 8.96. The molecule has 3 aromatic carbocycles. The van der Waals surface area contributed by atoms with Crippen molar-refractivity contribution in [3.8, 4) is 0 Å². The van der Waals surface area contributed by atoms with Crippen molar-refractivity contribution in [1.82, 2.24) is 5.32 Å². The smallest absolute Gasteiger partial charge is 0.325 e. The third-order valence-electron chi connectivity index (χ3n) is 5.18. The number of esters is 1. The lowest BCUT2D eigenvalue weighted by atomic mass is 9.84. The van der Waals surface area contributed by atoms with Crippen molar-refractivity contribution in [2.75, 3.05) is 12.3 Å². The van der Waals surface area contributed by atoms with Crippen LogP contribution in [0.4, 0.5) is 0 Å². The lowest BCUT2D eigenvalue weighted by molar-refractivity contribution is -0.154. The van der Waals surface area contributed by atoms with Crippen molar-refractivity contribution in [1.29, 1.82) is 0 Å². The number of rotatable bonds is 9. The van der Waals surface area contributed by atoms with Crippen molar-refractivity contribution in [2.24, 2.45) is 5.73 Å². The van der Waals surface area contributed by atoms with Gasteiger partial charge in [-0.05, 0) is 37.5 Å². The molecule has 3 rings (SSSR count). The maximum Gasteiger partial charge on any atom is 0.325 e. The fourth-order valence-electron chi connectivity index (χ4n) is 3.73. The maximum atomic E-state index is 12.7. The Kier molecular flexibility index (Phi) is 8.53. The van der Waals surface area contributed by atoms with Crippen LogP contribution in [0.2, 0.25) is 0 Å². The van der Waals surface area contributed by atoms with Crippen LogP contribution in [0.15, 0.2) is 91.0 Å². The fourth-order valence-corrected chi connectivity index (χ4v) is 5.22. The summed E-state index contributed by atoms with van der Waals surface area (Å²) in [6.07, 6.45) is 0. The SMILES string of the molecule is CC(C)(C)OC(=O)CNC(=O)[C@H](N)CSC(c1ccccc1)(c1ccccc1)c1ccccc1. The molecule has 0 unspecified atom stereocenters. The van der Waals surface area contributed by atoms with Gasteiger partial charge in [0.05, 0.1) is 10.8 Å². The number of hydrogen-bond donors (Lipinski definition) is 2. The van der Waals surface area contributed by atoms with Gasteiger partial charge in [-0.15, -0.1) is 11.8 Å². The average molecular weight is 477 g/mol. The lowest BCUT2D eigenvalue weighted by Crippen LogP contribution is -2.45. The van der Waals surface area contributed by atoms with Gasteiger partial charge in [-0.1, -0.05) is 91.0 Å². The predicted molar refractivity (Wildman–Crippen MR) is 138 cm³/mol. The Hall–Kier alpha value is -3.09. The van der Waals surface area contributed by atoms with E-state index in [1.807, 2.05) is 54.6 Å². The number of benzene rings is 3. The number of hydrogen-bond acceptors (Lipinski definition) is 5. The number of carbonyl (C=O) groups excluding carboxylic acids is 2. The van der Waals surface area contributed by atoms with Crippen LogP contribution in [0.5, 0.6) is 0 Å². The van der Waals surface area contributed by atoms with E-state index >= 15 is 0 Å². The van der Waals surface area contributed by atoms with Crippen molar-refractivity contribution >= 4 is 23.6 Å². The van der Waals surface area contributed by atoms with Crippen LogP contribution >= 0.6 is 11.8 Å². The highest BCUT2D eigenvalue weighted by Crippen LogP contribution is 2.48. The van der Waals surface area contributed by atoms with Crippen molar-refractivity contribution in [2.45, 2.75) is 37.2 Å². The Morgan fingerprint density at radius 1 is 0.824 bits per heavy atom. The molecular weight excluding hydrogens is 444 g/mol. The zero-order valence-electron chi connectivity index (χ0n) is 19.9. The number of amides is 1. The second kappa shape index (κ2) is 11.4. The first-order valence-electron chi connectivity index (χ1n) is 11.3. The van der Waals surface area contributed by atoms with Crippen LogP contribution in [0.3, 0.4) is 0 Å². The average Bonchev–Trinajstić information content (AvgIpc) is 2.84. The fraction of sp³-hybridized carbons (Fsp3) is 0.286. The van der Waals surface area contributed by atoms with Gasteiger partial charge in [0.25, 0.3) is 0 Å². The molecule has 0 aromatic heterocycles. The third kappa shape index (κ3) is 6.49. The van der Waals surface area contributed by atoms with Gasteiger partial charge in [0.2, 0.25) is 5.91 Å². The summed E-state index contributed by atoms with van der Waals surface area (Å²) in [6, 6.07) is 29.9. The first-order valence-corrected chi connectivity index (χ1v) is 12.3. The number of ether oxygens (including phenoxy) is 1. The molecule has 34 heavy (non-hydrogen) atoms. The van der Waals surface area contributed by atoms with Crippen LogP contribution in [0.25, 0.3) is 0 Å². The summed E-state index contributed by atoms with van der Waals surface area (Å²) < 4.78 is 4.69. The lowest BCUT2D eigenvalue weighted by Gasteiger charge is -2.36. The second-order valence-corrected chi connectivity index (χ2v) is 10.2. The Labute approximate surface area is 206 Å². The van der Waals surface area contributed by atoms with Gasteiger partial charge in [0.1, 0.15) is 12.1 Å². The Morgan fingerprint density at radius 2 is 1.24 bits per heavy atom. The quantitative estimate of drug-likeness (QED) is 0.351. The number of thioether (sulfide) groups is 1. The molecular formula is C28H32N2O3S. The van der Waals surface area contributed by atoms with E-state index in [4.69, 9.17) is 10.5 Å². The van der Waals surface area contributed by atoms with E-state index in [9.17, 15) is 9.59 Å². The molecule has 1 amide bonds. The third-order valence-corrected chi connectivity index (χ3v) is 6.85. The molecule has 6 heteroatoms. The zero-order chi connectivity index (χ0) is 24.6. The normalized spacial score (nSPS) is 12.6. The van der Waals surface area contributed by atoms with Crippen LogP contribution in [-0.4, -0.2) is 35.8 Å². The van der Waals surface area contributed by atoms with E-state index in [1.165, 1.54) is 0 Å². The summed E-state index contributed by atoms with van der Waals surface area (Å²) in [7, 11) is 0. The molecule has 0 saturated carbocycles. The number of carbonyl (C=O) groups is 2. The molecule has 0 aliphatic carbocycles. The molecule has 0 aliphatic rings. The van der Waals surface area contributed by atoms with E-state index in [0.717, 1.165) is 16.7 Å². The van der Waals surface area contributed by atoms with E-state index < -0.39 is 22.4 Å².